The molecule has 0 N–H and O–H groups in total. The van der Waals surface area contributed by atoms with Gasteiger partial charge in [-0.1, -0.05) is 62.9 Å². The average molecular weight is 254 g/mol. The molecule has 0 spiro atoms. The zero-order chi connectivity index (χ0) is 13.4. The minimum atomic E-state index is -3.23. The Morgan fingerprint density at radius 2 is 1.67 bits per heavy atom. The number of ketones is 1. The van der Waals surface area contributed by atoms with Crippen molar-refractivity contribution in [2.45, 2.75) is 51.4 Å². The number of benzene rings is 1. The lowest BCUT2D eigenvalue weighted by atomic mass is 10.00. The van der Waals surface area contributed by atoms with Crippen LogP contribution in [0.1, 0.15) is 55.8 Å². The molecule has 18 heavy (non-hydrogen) atoms. The number of hydrogen-bond donors (Lipinski definition) is 0. The van der Waals surface area contributed by atoms with Gasteiger partial charge in [0.25, 0.3) is 0 Å². The lowest BCUT2D eigenvalue weighted by molar-refractivity contribution is 0.00337. The highest BCUT2D eigenvalue weighted by atomic mass is 19.3. The Hall–Kier alpha value is -1.25. The predicted octanol–water partition coefficient (Wildman–Crippen LogP) is 4.87. The minimum absolute atomic E-state index is 0.0936. The molecule has 0 radical (unpaired) electrons. The first-order valence-electron chi connectivity index (χ1n) is 6.55. The number of unbranched alkanes of at least 4 members (excludes halogenated alkanes) is 4. The van der Waals surface area contributed by atoms with Crippen LogP contribution in [0.5, 0.6) is 0 Å². The van der Waals surface area contributed by atoms with E-state index in [1.807, 2.05) is 0 Å². The van der Waals surface area contributed by atoms with Gasteiger partial charge >= 0.3 is 5.92 Å². The summed E-state index contributed by atoms with van der Waals surface area (Å²) in [6.45, 7) is 2.08. The SMILES string of the molecule is CCCCCCCC(F)(F)C(=O)c1ccccc1. The number of carbonyl (C=O) groups excluding carboxylic acids is 1. The second-order valence-electron chi connectivity index (χ2n) is 4.56. The molecule has 0 aromatic heterocycles. The topological polar surface area (TPSA) is 17.1 Å². The van der Waals surface area contributed by atoms with Gasteiger partial charge in [-0.15, -0.1) is 0 Å². The Morgan fingerprint density at radius 3 is 2.28 bits per heavy atom. The maximum absolute atomic E-state index is 13.7. The van der Waals surface area contributed by atoms with Crippen molar-refractivity contribution in [1.82, 2.24) is 0 Å². The Labute approximate surface area is 107 Å². The molecule has 100 valence electrons. The first kappa shape index (κ1) is 14.8. The first-order valence-corrected chi connectivity index (χ1v) is 6.55. The fourth-order valence-electron chi connectivity index (χ4n) is 1.86. The molecule has 0 aliphatic heterocycles. The van der Waals surface area contributed by atoms with Gasteiger partial charge in [-0.3, -0.25) is 4.79 Å². The van der Waals surface area contributed by atoms with Crippen LogP contribution in [0.4, 0.5) is 8.78 Å². The monoisotopic (exact) mass is 254 g/mol. The van der Waals surface area contributed by atoms with Crippen molar-refractivity contribution in [2.24, 2.45) is 0 Å². The maximum Gasteiger partial charge on any atom is 0.309 e. The highest BCUT2D eigenvalue weighted by Gasteiger charge is 2.38. The van der Waals surface area contributed by atoms with Gasteiger partial charge in [-0.2, -0.15) is 8.78 Å². The molecule has 0 aliphatic rings. The molecule has 0 atom stereocenters. The van der Waals surface area contributed by atoms with E-state index in [2.05, 4.69) is 6.92 Å². The summed E-state index contributed by atoms with van der Waals surface area (Å²) in [6, 6.07) is 7.79. The highest BCUT2D eigenvalue weighted by molar-refractivity contribution is 6.01. The van der Waals surface area contributed by atoms with Crippen LogP contribution in [0, 0.1) is 0 Å². The van der Waals surface area contributed by atoms with Gasteiger partial charge in [0, 0.05) is 12.0 Å². The molecule has 1 aromatic carbocycles. The molecule has 0 unspecified atom stereocenters. The molecule has 1 nitrogen and oxygen atoms in total. The molecule has 1 aromatic rings. The van der Waals surface area contributed by atoms with Crippen LogP contribution in [0.15, 0.2) is 30.3 Å². The molecule has 1 rings (SSSR count). The largest absolute Gasteiger partial charge is 0.309 e. The van der Waals surface area contributed by atoms with Crippen LogP contribution in [-0.4, -0.2) is 11.7 Å². The van der Waals surface area contributed by atoms with Crippen molar-refractivity contribution >= 4 is 5.78 Å². The number of hydrogen-bond acceptors (Lipinski definition) is 1. The van der Waals surface area contributed by atoms with E-state index in [0.717, 1.165) is 25.7 Å². The number of rotatable bonds is 8. The molecular weight excluding hydrogens is 234 g/mol. The van der Waals surface area contributed by atoms with Gasteiger partial charge in [-0.05, 0) is 6.42 Å². The van der Waals surface area contributed by atoms with Crippen molar-refractivity contribution < 1.29 is 13.6 Å². The predicted molar refractivity (Wildman–Crippen MR) is 69.1 cm³/mol. The Balaban J connectivity index is 2.45. The third kappa shape index (κ3) is 4.55. The summed E-state index contributed by atoms with van der Waals surface area (Å²) in [7, 11) is 0. The van der Waals surface area contributed by atoms with E-state index < -0.39 is 11.7 Å². The van der Waals surface area contributed by atoms with E-state index >= 15 is 0 Å². The summed E-state index contributed by atoms with van der Waals surface area (Å²) >= 11 is 0. The van der Waals surface area contributed by atoms with Crippen LogP contribution in [0.25, 0.3) is 0 Å². The smallest absolute Gasteiger partial charge is 0.287 e. The third-order valence-corrected chi connectivity index (χ3v) is 2.96. The van der Waals surface area contributed by atoms with Gasteiger partial charge in [0.05, 0.1) is 0 Å². The quantitative estimate of drug-likeness (QED) is 0.478. The fourth-order valence-corrected chi connectivity index (χ4v) is 1.86. The molecular formula is C15H20F2O. The second-order valence-corrected chi connectivity index (χ2v) is 4.56. The Kier molecular flexibility index (Phi) is 5.96. The van der Waals surface area contributed by atoms with Gasteiger partial charge in [0.2, 0.25) is 5.78 Å². The van der Waals surface area contributed by atoms with Crippen LogP contribution in [-0.2, 0) is 0 Å². The highest BCUT2D eigenvalue weighted by Crippen LogP contribution is 2.26. The van der Waals surface area contributed by atoms with Crippen LogP contribution in [0.3, 0.4) is 0 Å². The molecule has 0 saturated heterocycles. The van der Waals surface area contributed by atoms with E-state index in [4.69, 9.17) is 0 Å². The van der Waals surface area contributed by atoms with Crippen molar-refractivity contribution in [1.29, 1.82) is 0 Å². The minimum Gasteiger partial charge on any atom is -0.287 e. The molecule has 0 bridgehead atoms. The maximum atomic E-state index is 13.7. The zero-order valence-corrected chi connectivity index (χ0v) is 10.8. The van der Waals surface area contributed by atoms with Crippen molar-refractivity contribution in [3.05, 3.63) is 35.9 Å². The summed E-state index contributed by atoms with van der Waals surface area (Å²) in [6.07, 6.45) is 3.95. The molecule has 0 fully saturated rings. The second kappa shape index (κ2) is 7.24. The molecule has 0 aliphatic carbocycles. The van der Waals surface area contributed by atoms with Gasteiger partial charge in [0.1, 0.15) is 0 Å². The van der Waals surface area contributed by atoms with E-state index in [1.165, 1.54) is 12.1 Å². The van der Waals surface area contributed by atoms with E-state index in [1.54, 1.807) is 18.2 Å². The lowest BCUT2D eigenvalue weighted by Gasteiger charge is -2.14. The number of Topliss-reactive ketones (excluding diaryl/α,β-unsaturated/α-hetero) is 1. The van der Waals surface area contributed by atoms with Crippen molar-refractivity contribution in [2.75, 3.05) is 0 Å². The number of halogens is 2. The van der Waals surface area contributed by atoms with E-state index in [-0.39, 0.29) is 12.0 Å². The normalized spacial score (nSPS) is 11.5. The van der Waals surface area contributed by atoms with Gasteiger partial charge < -0.3 is 0 Å². The van der Waals surface area contributed by atoms with E-state index in [9.17, 15) is 13.6 Å². The van der Waals surface area contributed by atoms with Crippen LogP contribution in [0.2, 0.25) is 0 Å². The third-order valence-electron chi connectivity index (χ3n) is 2.96. The van der Waals surface area contributed by atoms with E-state index in [0.29, 0.717) is 6.42 Å². The van der Waals surface area contributed by atoms with Gasteiger partial charge in [-0.25, -0.2) is 0 Å². The Bertz CT molecular complexity index is 360. The average Bonchev–Trinajstić information content (AvgIpc) is 2.38. The summed E-state index contributed by atoms with van der Waals surface area (Å²) in [5.41, 5.74) is 0.0936. The summed E-state index contributed by atoms with van der Waals surface area (Å²) in [4.78, 5) is 11.6. The summed E-state index contributed by atoms with van der Waals surface area (Å²) < 4.78 is 27.3. The fraction of sp³-hybridized carbons (Fsp3) is 0.533. The number of alkyl halides is 2. The van der Waals surface area contributed by atoms with Crippen LogP contribution >= 0.6 is 0 Å². The zero-order valence-electron chi connectivity index (χ0n) is 10.8. The van der Waals surface area contributed by atoms with Crippen molar-refractivity contribution in [3.8, 4) is 0 Å². The first-order chi connectivity index (χ1) is 8.58. The lowest BCUT2D eigenvalue weighted by Crippen LogP contribution is -2.28. The standard InChI is InChI=1S/C15H20F2O/c1-2-3-4-5-9-12-15(16,17)14(18)13-10-7-6-8-11-13/h6-8,10-11H,2-5,9,12H2,1H3. The van der Waals surface area contributed by atoms with Crippen LogP contribution < -0.4 is 0 Å². The summed E-state index contributed by atoms with van der Waals surface area (Å²) in [5.74, 6) is -4.29. The van der Waals surface area contributed by atoms with Crippen molar-refractivity contribution in [3.63, 3.8) is 0 Å². The Morgan fingerprint density at radius 1 is 1.06 bits per heavy atom. The molecule has 0 amide bonds. The van der Waals surface area contributed by atoms with Gasteiger partial charge in [0.15, 0.2) is 0 Å². The molecule has 0 heterocycles. The summed E-state index contributed by atoms with van der Waals surface area (Å²) in [5, 5.41) is 0. The molecule has 3 heteroatoms. The molecule has 0 saturated carbocycles. The number of carbonyl (C=O) groups is 1.